The Hall–Kier alpha value is -1.55. The highest BCUT2D eigenvalue weighted by Crippen LogP contribution is 2.21. The topological polar surface area (TPSA) is 77.8 Å². The summed E-state index contributed by atoms with van der Waals surface area (Å²) in [7, 11) is 0. The van der Waals surface area contributed by atoms with Crippen LogP contribution in [0.15, 0.2) is 24.3 Å². The number of hydrogen-bond donors (Lipinski definition) is 3. The van der Waals surface area contributed by atoms with Crippen LogP contribution >= 0.6 is 0 Å². The Labute approximate surface area is 87.8 Å². The van der Waals surface area contributed by atoms with Crippen molar-refractivity contribution in [3.63, 3.8) is 0 Å². The minimum atomic E-state index is -0.854. The zero-order valence-electron chi connectivity index (χ0n) is 8.26. The van der Waals surface area contributed by atoms with Gasteiger partial charge in [0, 0.05) is 6.42 Å². The normalized spacial score (nSPS) is 12.3. The van der Waals surface area contributed by atoms with Gasteiger partial charge in [-0.2, -0.15) is 0 Å². The van der Waals surface area contributed by atoms with Crippen LogP contribution in [-0.4, -0.2) is 21.3 Å². The summed E-state index contributed by atoms with van der Waals surface area (Å²) in [5.74, 6) is -0.704. The van der Waals surface area contributed by atoms with Crippen LogP contribution in [0.3, 0.4) is 0 Å². The predicted octanol–water partition coefficient (Wildman–Crippen LogP) is 1.68. The molecule has 1 aromatic carbocycles. The third-order valence-corrected chi connectivity index (χ3v) is 2.15. The Balaban J connectivity index is 2.43. The van der Waals surface area contributed by atoms with E-state index in [0.29, 0.717) is 18.4 Å². The summed E-state index contributed by atoms with van der Waals surface area (Å²) < 4.78 is 0. The van der Waals surface area contributed by atoms with Gasteiger partial charge in [0.2, 0.25) is 0 Å². The van der Waals surface area contributed by atoms with Crippen LogP contribution in [-0.2, 0) is 4.79 Å². The van der Waals surface area contributed by atoms with Gasteiger partial charge in [0.05, 0.1) is 6.10 Å². The third-order valence-electron chi connectivity index (χ3n) is 2.15. The van der Waals surface area contributed by atoms with Gasteiger partial charge in [0.15, 0.2) is 0 Å². The molecule has 0 heterocycles. The fraction of sp³-hybridized carbons (Fsp3) is 0.364. The molecule has 0 spiro atoms. The van der Waals surface area contributed by atoms with E-state index in [4.69, 9.17) is 10.2 Å². The number of carbonyl (C=O) groups is 1. The van der Waals surface area contributed by atoms with Crippen LogP contribution in [0.4, 0.5) is 0 Å². The lowest BCUT2D eigenvalue weighted by Crippen LogP contribution is -2.00. The van der Waals surface area contributed by atoms with Crippen molar-refractivity contribution in [3.8, 4) is 5.75 Å². The Morgan fingerprint density at radius 3 is 2.40 bits per heavy atom. The maximum atomic E-state index is 10.2. The molecule has 0 aliphatic carbocycles. The molecule has 4 nitrogen and oxygen atoms in total. The summed E-state index contributed by atoms with van der Waals surface area (Å²) in [5.41, 5.74) is 0.693. The maximum absolute atomic E-state index is 10.2. The molecule has 0 fully saturated rings. The molecule has 1 unspecified atom stereocenters. The van der Waals surface area contributed by atoms with Crippen molar-refractivity contribution in [2.45, 2.75) is 25.4 Å². The van der Waals surface area contributed by atoms with Crippen molar-refractivity contribution in [2.24, 2.45) is 0 Å². The molecule has 0 amide bonds. The lowest BCUT2D eigenvalue weighted by Gasteiger charge is -2.09. The highest BCUT2D eigenvalue weighted by molar-refractivity contribution is 5.66. The van der Waals surface area contributed by atoms with Crippen molar-refractivity contribution in [1.82, 2.24) is 0 Å². The second kappa shape index (κ2) is 5.36. The average Bonchev–Trinajstić information content (AvgIpc) is 2.18. The van der Waals surface area contributed by atoms with Crippen molar-refractivity contribution in [3.05, 3.63) is 29.8 Å². The molecule has 0 aromatic heterocycles. The van der Waals surface area contributed by atoms with E-state index in [-0.39, 0.29) is 12.2 Å². The van der Waals surface area contributed by atoms with E-state index >= 15 is 0 Å². The maximum Gasteiger partial charge on any atom is 0.303 e. The highest BCUT2D eigenvalue weighted by atomic mass is 16.4. The Morgan fingerprint density at radius 2 is 1.87 bits per heavy atom. The van der Waals surface area contributed by atoms with Crippen molar-refractivity contribution >= 4 is 5.97 Å². The van der Waals surface area contributed by atoms with Crippen molar-refractivity contribution < 1.29 is 20.1 Å². The number of hydrogen-bond acceptors (Lipinski definition) is 3. The molecular weight excluding hydrogens is 196 g/mol. The van der Waals surface area contributed by atoms with Crippen LogP contribution in [0.25, 0.3) is 0 Å². The largest absolute Gasteiger partial charge is 0.508 e. The smallest absolute Gasteiger partial charge is 0.303 e. The zero-order chi connectivity index (χ0) is 11.3. The first-order valence-corrected chi connectivity index (χ1v) is 4.78. The summed E-state index contributed by atoms with van der Waals surface area (Å²) >= 11 is 0. The predicted molar refractivity (Wildman–Crippen MR) is 54.6 cm³/mol. The van der Waals surface area contributed by atoms with Crippen molar-refractivity contribution in [1.29, 1.82) is 0 Å². The average molecular weight is 210 g/mol. The first kappa shape index (κ1) is 11.5. The number of aliphatic hydroxyl groups excluding tert-OH is 1. The van der Waals surface area contributed by atoms with Gasteiger partial charge in [0.1, 0.15) is 5.75 Å². The molecule has 3 N–H and O–H groups in total. The van der Waals surface area contributed by atoms with E-state index in [1.807, 2.05) is 0 Å². The monoisotopic (exact) mass is 210 g/mol. The minimum absolute atomic E-state index is 0.0646. The standard InChI is InChI=1S/C11H14O4/c12-9-6-4-8(5-7-9)10(13)2-1-3-11(14)15/h4-7,10,12-13H,1-3H2,(H,14,15). The number of benzene rings is 1. The molecule has 15 heavy (non-hydrogen) atoms. The van der Waals surface area contributed by atoms with Crippen LogP contribution in [0.5, 0.6) is 5.75 Å². The van der Waals surface area contributed by atoms with E-state index in [9.17, 15) is 9.90 Å². The summed E-state index contributed by atoms with van der Waals surface area (Å²) in [6.07, 6.45) is 0.258. The lowest BCUT2D eigenvalue weighted by molar-refractivity contribution is -0.137. The number of aliphatic carboxylic acids is 1. The van der Waals surface area contributed by atoms with Gasteiger partial charge in [-0.15, -0.1) is 0 Å². The van der Waals surface area contributed by atoms with Gasteiger partial charge >= 0.3 is 5.97 Å². The Bertz CT molecular complexity index is 318. The number of phenolic OH excluding ortho intramolecular Hbond substituents is 1. The van der Waals surface area contributed by atoms with Gasteiger partial charge in [-0.05, 0) is 30.5 Å². The van der Waals surface area contributed by atoms with E-state index in [1.165, 1.54) is 12.1 Å². The van der Waals surface area contributed by atoms with Crippen LogP contribution in [0, 0.1) is 0 Å². The summed E-state index contributed by atoms with van der Waals surface area (Å²) in [6.45, 7) is 0. The van der Waals surface area contributed by atoms with Crippen molar-refractivity contribution in [2.75, 3.05) is 0 Å². The SMILES string of the molecule is O=C(O)CCCC(O)c1ccc(O)cc1. The molecule has 4 heteroatoms. The molecule has 0 radical (unpaired) electrons. The van der Waals surface area contributed by atoms with E-state index in [0.717, 1.165) is 0 Å². The number of carboxylic acids is 1. The first-order valence-electron chi connectivity index (χ1n) is 4.78. The minimum Gasteiger partial charge on any atom is -0.508 e. The summed E-state index contributed by atoms with van der Waals surface area (Å²) in [5, 5.41) is 27.1. The summed E-state index contributed by atoms with van der Waals surface area (Å²) in [6, 6.07) is 6.24. The molecule has 0 saturated carbocycles. The molecule has 0 aliphatic heterocycles. The first-order chi connectivity index (χ1) is 7.09. The number of carboxylic acid groups (broad SMARTS) is 1. The van der Waals surface area contributed by atoms with Gasteiger partial charge in [-0.25, -0.2) is 0 Å². The molecular formula is C11H14O4. The molecule has 1 rings (SSSR count). The zero-order valence-corrected chi connectivity index (χ0v) is 8.26. The molecule has 1 atom stereocenters. The Kier molecular flexibility index (Phi) is 4.12. The van der Waals surface area contributed by atoms with Gasteiger partial charge in [0.25, 0.3) is 0 Å². The Morgan fingerprint density at radius 1 is 1.27 bits per heavy atom. The van der Waals surface area contributed by atoms with E-state index < -0.39 is 12.1 Å². The quantitative estimate of drug-likeness (QED) is 0.691. The molecule has 0 aliphatic rings. The molecule has 0 saturated heterocycles. The second-order valence-corrected chi connectivity index (χ2v) is 3.39. The summed E-state index contributed by atoms with van der Waals surface area (Å²) in [4.78, 5) is 10.2. The van der Waals surface area contributed by atoms with Crippen LogP contribution in [0.2, 0.25) is 0 Å². The van der Waals surface area contributed by atoms with Gasteiger partial charge in [-0.1, -0.05) is 12.1 Å². The number of phenols is 1. The molecule has 0 bridgehead atoms. The molecule has 82 valence electrons. The van der Waals surface area contributed by atoms with E-state index in [1.54, 1.807) is 12.1 Å². The highest BCUT2D eigenvalue weighted by Gasteiger charge is 2.08. The van der Waals surface area contributed by atoms with Crippen LogP contribution in [0.1, 0.15) is 30.9 Å². The number of aliphatic hydroxyl groups is 1. The number of rotatable bonds is 5. The number of aromatic hydroxyl groups is 1. The lowest BCUT2D eigenvalue weighted by atomic mass is 10.0. The fourth-order valence-corrected chi connectivity index (χ4v) is 1.31. The van der Waals surface area contributed by atoms with Crippen LogP contribution < -0.4 is 0 Å². The second-order valence-electron chi connectivity index (χ2n) is 3.39. The third kappa shape index (κ3) is 3.99. The fourth-order valence-electron chi connectivity index (χ4n) is 1.31. The van der Waals surface area contributed by atoms with Gasteiger partial charge in [-0.3, -0.25) is 4.79 Å². The van der Waals surface area contributed by atoms with E-state index in [2.05, 4.69) is 0 Å². The molecule has 1 aromatic rings. The van der Waals surface area contributed by atoms with Gasteiger partial charge < -0.3 is 15.3 Å².